The van der Waals surface area contributed by atoms with Gasteiger partial charge >= 0.3 is 0 Å². The van der Waals surface area contributed by atoms with E-state index in [1.807, 2.05) is 25.1 Å². The lowest BCUT2D eigenvalue weighted by molar-refractivity contribution is 0.102. The maximum absolute atomic E-state index is 13.0. The first-order chi connectivity index (χ1) is 12.1. The van der Waals surface area contributed by atoms with Crippen molar-refractivity contribution in [3.05, 3.63) is 53.5 Å². The van der Waals surface area contributed by atoms with Gasteiger partial charge in [0, 0.05) is 12.2 Å². The van der Waals surface area contributed by atoms with Gasteiger partial charge in [-0.15, -0.1) is 0 Å². The second-order valence-corrected chi connectivity index (χ2v) is 6.44. The van der Waals surface area contributed by atoms with E-state index in [-0.39, 0.29) is 5.91 Å². The van der Waals surface area contributed by atoms with Crippen molar-refractivity contribution >= 4 is 17.4 Å². The van der Waals surface area contributed by atoms with E-state index in [0.717, 1.165) is 49.9 Å². The third-order valence-electron chi connectivity index (χ3n) is 4.43. The number of nitrogens with zero attached hydrogens (tertiary/aromatic N) is 1. The normalized spacial score (nSPS) is 15.0. The summed E-state index contributed by atoms with van der Waals surface area (Å²) in [7, 11) is 0. The molecule has 0 spiro atoms. The van der Waals surface area contributed by atoms with Crippen LogP contribution in [-0.4, -0.2) is 30.5 Å². The zero-order valence-electron chi connectivity index (χ0n) is 14.3. The fraction of sp³-hybridized carbons (Fsp3) is 0.368. The molecule has 0 bridgehead atoms. The number of hydrogen-bond donors (Lipinski definition) is 3. The lowest BCUT2D eigenvalue weighted by Crippen LogP contribution is -2.31. The highest BCUT2D eigenvalue weighted by atomic mass is 19.1. The van der Waals surface area contributed by atoms with E-state index in [0.29, 0.717) is 17.3 Å². The Balaban J connectivity index is 1.71. The summed E-state index contributed by atoms with van der Waals surface area (Å²) in [5, 5.41) is 9.50. The van der Waals surface area contributed by atoms with Crippen molar-refractivity contribution in [2.75, 3.05) is 30.3 Å². The Morgan fingerprint density at radius 3 is 2.80 bits per heavy atom. The molecule has 0 atom stereocenters. The molecule has 1 amide bonds. The minimum absolute atomic E-state index is 0.254. The van der Waals surface area contributed by atoms with Crippen molar-refractivity contribution in [1.29, 1.82) is 0 Å². The maximum Gasteiger partial charge on any atom is 0.258 e. The standard InChI is InChI=1S/C19H23FN4O/c1-13-2-4-17(22-11-14-6-8-21-9-7-14)16(10-13)19(25)24-18-5-3-15(20)12-23-18/h2-5,10,12,14,21-22H,6-9,11H2,1H3,(H,23,24,25). The fourth-order valence-electron chi connectivity index (χ4n) is 2.97. The Bertz CT molecular complexity index is 727. The number of amides is 1. The second kappa shape index (κ2) is 8.07. The molecule has 1 aliphatic heterocycles. The van der Waals surface area contributed by atoms with Crippen LogP contribution >= 0.6 is 0 Å². The summed E-state index contributed by atoms with van der Waals surface area (Å²) < 4.78 is 13.0. The van der Waals surface area contributed by atoms with Crippen LogP contribution in [0, 0.1) is 18.7 Å². The Hall–Kier alpha value is -2.47. The van der Waals surface area contributed by atoms with E-state index < -0.39 is 5.82 Å². The molecule has 0 saturated carbocycles. The molecular weight excluding hydrogens is 319 g/mol. The molecule has 0 unspecified atom stereocenters. The molecule has 3 N–H and O–H groups in total. The van der Waals surface area contributed by atoms with Crippen LogP contribution < -0.4 is 16.0 Å². The van der Waals surface area contributed by atoms with Gasteiger partial charge in [0.1, 0.15) is 11.6 Å². The van der Waals surface area contributed by atoms with Crippen molar-refractivity contribution in [3.8, 4) is 0 Å². The molecule has 0 radical (unpaired) electrons. The Morgan fingerprint density at radius 2 is 2.08 bits per heavy atom. The van der Waals surface area contributed by atoms with Crippen molar-refractivity contribution in [3.63, 3.8) is 0 Å². The van der Waals surface area contributed by atoms with Crippen LogP contribution in [0.1, 0.15) is 28.8 Å². The minimum atomic E-state index is -0.433. The third kappa shape index (κ3) is 4.76. The Kier molecular flexibility index (Phi) is 5.60. The van der Waals surface area contributed by atoms with E-state index in [9.17, 15) is 9.18 Å². The molecule has 6 heteroatoms. The zero-order chi connectivity index (χ0) is 17.6. The van der Waals surface area contributed by atoms with Gasteiger partial charge in [0.15, 0.2) is 0 Å². The van der Waals surface area contributed by atoms with Gasteiger partial charge in [0.25, 0.3) is 5.91 Å². The van der Waals surface area contributed by atoms with Gasteiger partial charge in [0.2, 0.25) is 0 Å². The number of piperidine rings is 1. The molecule has 1 saturated heterocycles. The number of nitrogens with one attached hydrogen (secondary N) is 3. The average molecular weight is 342 g/mol. The highest BCUT2D eigenvalue weighted by Gasteiger charge is 2.16. The number of pyridine rings is 1. The highest BCUT2D eigenvalue weighted by molar-refractivity contribution is 6.07. The molecule has 1 aromatic carbocycles. The number of carbonyl (C=O) groups excluding carboxylic acids is 1. The van der Waals surface area contributed by atoms with Gasteiger partial charge in [-0.2, -0.15) is 0 Å². The van der Waals surface area contributed by atoms with Crippen LogP contribution in [0.4, 0.5) is 15.9 Å². The lowest BCUT2D eigenvalue weighted by atomic mass is 9.98. The van der Waals surface area contributed by atoms with Crippen molar-refractivity contribution in [1.82, 2.24) is 10.3 Å². The van der Waals surface area contributed by atoms with E-state index in [4.69, 9.17) is 0 Å². The second-order valence-electron chi connectivity index (χ2n) is 6.44. The van der Waals surface area contributed by atoms with Gasteiger partial charge in [-0.3, -0.25) is 4.79 Å². The van der Waals surface area contributed by atoms with E-state index in [1.54, 1.807) is 0 Å². The number of anilines is 2. The van der Waals surface area contributed by atoms with Gasteiger partial charge < -0.3 is 16.0 Å². The SMILES string of the molecule is Cc1ccc(NCC2CCNCC2)c(C(=O)Nc2ccc(F)cn2)c1. The van der Waals surface area contributed by atoms with Crippen LogP contribution in [-0.2, 0) is 0 Å². The quantitative estimate of drug-likeness (QED) is 0.781. The van der Waals surface area contributed by atoms with Crippen molar-refractivity contribution in [2.45, 2.75) is 19.8 Å². The van der Waals surface area contributed by atoms with Gasteiger partial charge in [0.05, 0.1) is 11.8 Å². The fourth-order valence-corrected chi connectivity index (χ4v) is 2.97. The summed E-state index contributed by atoms with van der Waals surface area (Å²) in [6.07, 6.45) is 3.36. The van der Waals surface area contributed by atoms with Crippen LogP contribution in [0.3, 0.4) is 0 Å². The molecule has 25 heavy (non-hydrogen) atoms. The molecule has 3 rings (SSSR count). The number of aromatic nitrogens is 1. The summed E-state index contributed by atoms with van der Waals surface area (Å²) in [5.41, 5.74) is 2.38. The molecule has 1 aliphatic rings. The predicted molar refractivity (Wildman–Crippen MR) is 97.4 cm³/mol. The maximum atomic E-state index is 13.0. The van der Waals surface area contributed by atoms with Crippen molar-refractivity contribution < 1.29 is 9.18 Å². The van der Waals surface area contributed by atoms with Crippen LogP contribution in [0.5, 0.6) is 0 Å². The molecule has 2 aromatic rings. The van der Waals surface area contributed by atoms with Crippen LogP contribution in [0.25, 0.3) is 0 Å². The first-order valence-corrected chi connectivity index (χ1v) is 8.60. The molecule has 1 aromatic heterocycles. The van der Waals surface area contributed by atoms with Crippen LogP contribution in [0.2, 0.25) is 0 Å². The van der Waals surface area contributed by atoms with Gasteiger partial charge in [-0.1, -0.05) is 11.6 Å². The van der Waals surface area contributed by atoms with Crippen molar-refractivity contribution in [2.24, 2.45) is 5.92 Å². The summed E-state index contributed by atoms with van der Waals surface area (Å²) in [4.78, 5) is 16.5. The lowest BCUT2D eigenvalue weighted by Gasteiger charge is -2.24. The number of rotatable bonds is 5. The highest BCUT2D eigenvalue weighted by Crippen LogP contribution is 2.21. The topological polar surface area (TPSA) is 66.0 Å². The van der Waals surface area contributed by atoms with E-state index in [2.05, 4.69) is 20.9 Å². The molecule has 0 aliphatic carbocycles. The summed E-state index contributed by atoms with van der Waals surface area (Å²) in [6, 6.07) is 8.49. The Labute approximate surface area is 147 Å². The van der Waals surface area contributed by atoms with Gasteiger partial charge in [-0.05, 0) is 63.0 Å². The molecule has 132 valence electrons. The number of hydrogen-bond acceptors (Lipinski definition) is 4. The summed E-state index contributed by atoms with van der Waals surface area (Å²) in [5.74, 6) is 0.253. The average Bonchev–Trinajstić information content (AvgIpc) is 2.63. The molecule has 2 heterocycles. The predicted octanol–water partition coefficient (Wildman–Crippen LogP) is 3.19. The van der Waals surface area contributed by atoms with Crippen LogP contribution in [0.15, 0.2) is 36.5 Å². The number of carbonyl (C=O) groups is 1. The van der Waals surface area contributed by atoms with Gasteiger partial charge in [-0.25, -0.2) is 9.37 Å². The number of halogens is 1. The van der Waals surface area contributed by atoms with E-state index >= 15 is 0 Å². The molecule has 1 fully saturated rings. The third-order valence-corrected chi connectivity index (χ3v) is 4.43. The zero-order valence-corrected chi connectivity index (χ0v) is 14.3. The Morgan fingerprint density at radius 1 is 1.28 bits per heavy atom. The summed E-state index contributed by atoms with van der Waals surface area (Å²) in [6.45, 7) is 4.89. The monoisotopic (exact) mass is 342 g/mol. The number of aryl methyl sites for hydroxylation is 1. The summed E-state index contributed by atoms with van der Waals surface area (Å²) >= 11 is 0. The first kappa shape index (κ1) is 17.4. The first-order valence-electron chi connectivity index (χ1n) is 8.60. The largest absolute Gasteiger partial charge is 0.384 e. The molecule has 5 nitrogen and oxygen atoms in total. The van der Waals surface area contributed by atoms with E-state index in [1.165, 1.54) is 12.1 Å². The smallest absolute Gasteiger partial charge is 0.258 e. The molecular formula is C19H23FN4O. The number of benzene rings is 1. The minimum Gasteiger partial charge on any atom is -0.384 e.